The second-order valence-corrected chi connectivity index (χ2v) is 3.02. The molecule has 0 aromatic heterocycles. The normalized spacial score (nSPS) is 21.5. The van der Waals surface area contributed by atoms with Gasteiger partial charge in [-0.1, -0.05) is 5.92 Å². The van der Waals surface area contributed by atoms with Crippen molar-refractivity contribution in [3.8, 4) is 12.3 Å². The Balaban J connectivity index is 2.39. The van der Waals surface area contributed by atoms with Crippen LogP contribution in [0, 0.1) is 12.3 Å². The molecule has 60 valence electrons. The molecule has 0 aromatic carbocycles. The van der Waals surface area contributed by atoms with Crippen LogP contribution < -0.4 is 11.1 Å². The van der Waals surface area contributed by atoms with Gasteiger partial charge in [0, 0.05) is 0 Å². The third-order valence-electron chi connectivity index (χ3n) is 1.84. The highest BCUT2D eigenvalue weighted by molar-refractivity contribution is 5.89. The smallest absolute Gasteiger partial charge is 0.241 e. The largest absolute Gasteiger partial charge is 0.341 e. The van der Waals surface area contributed by atoms with Crippen molar-refractivity contribution in [1.82, 2.24) is 5.32 Å². The van der Waals surface area contributed by atoms with Gasteiger partial charge in [-0.05, 0) is 19.8 Å². The molecule has 0 radical (unpaired) electrons. The van der Waals surface area contributed by atoms with E-state index in [0.717, 1.165) is 12.8 Å². The van der Waals surface area contributed by atoms with Gasteiger partial charge in [-0.25, -0.2) is 0 Å². The van der Waals surface area contributed by atoms with E-state index in [1.165, 1.54) is 0 Å². The average Bonchev–Trinajstić information content (AvgIpc) is 2.69. The fourth-order valence-corrected chi connectivity index (χ4v) is 0.744. The van der Waals surface area contributed by atoms with Crippen LogP contribution in [0.5, 0.6) is 0 Å². The summed E-state index contributed by atoms with van der Waals surface area (Å²) in [5, 5.41) is 2.63. The molecule has 1 unspecified atom stereocenters. The van der Waals surface area contributed by atoms with Crippen LogP contribution in [0.15, 0.2) is 0 Å². The molecule has 1 aliphatic rings. The van der Waals surface area contributed by atoms with E-state index in [1.54, 1.807) is 6.92 Å². The number of carbonyl (C=O) groups is 1. The Labute approximate surface area is 66.3 Å². The van der Waals surface area contributed by atoms with Crippen LogP contribution >= 0.6 is 0 Å². The van der Waals surface area contributed by atoms with E-state index in [9.17, 15) is 4.79 Å². The van der Waals surface area contributed by atoms with Gasteiger partial charge >= 0.3 is 0 Å². The monoisotopic (exact) mass is 152 g/mol. The molecular formula is C8H12N2O. The third-order valence-corrected chi connectivity index (χ3v) is 1.84. The summed E-state index contributed by atoms with van der Waals surface area (Å²) in [4.78, 5) is 11.2. The van der Waals surface area contributed by atoms with Gasteiger partial charge in [0.2, 0.25) is 5.91 Å². The van der Waals surface area contributed by atoms with Crippen LogP contribution in [-0.2, 0) is 4.79 Å². The van der Waals surface area contributed by atoms with Crippen LogP contribution in [0.25, 0.3) is 0 Å². The van der Waals surface area contributed by atoms with Crippen LogP contribution in [0.2, 0.25) is 0 Å². The Kier molecular flexibility index (Phi) is 1.88. The molecule has 0 spiro atoms. The third kappa shape index (κ3) is 1.72. The van der Waals surface area contributed by atoms with Crippen LogP contribution in [0.1, 0.15) is 19.8 Å². The van der Waals surface area contributed by atoms with Crippen molar-refractivity contribution < 1.29 is 4.79 Å². The lowest BCUT2D eigenvalue weighted by molar-refractivity contribution is -0.123. The van der Waals surface area contributed by atoms with Crippen LogP contribution in [-0.4, -0.2) is 17.5 Å². The number of nitrogens with one attached hydrogen (secondary N) is 1. The highest BCUT2D eigenvalue weighted by Crippen LogP contribution is 2.32. The molecule has 11 heavy (non-hydrogen) atoms. The summed E-state index contributed by atoms with van der Waals surface area (Å²) in [7, 11) is 0. The first-order chi connectivity index (χ1) is 5.08. The molecule has 3 heteroatoms. The second-order valence-electron chi connectivity index (χ2n) is 3.02. The quantitative estimate of drug-likeness (QED) is 0.530. The fourth-order valence-electron chi connectivity index (χ4n) is 0.744. The number of carbonyl (C=O) groups excluding carboxylic acids is 1. The second kappa shape index (κ2) is 2.55. The maximum atomic E-state index is 11.2. The molecule has 1 amide bonds. The highest BCUT2D eigenvalue weighted by atomic mass is 16.2. The average molecular weight is 152 g/mol. The van der Waals surface area contributed by atoms with Crippen molar-refractivity contribution in [1.29, 1.82) is 0 Å². The van der Waals surface area contributed by atoms with E-state index in [4.69, 9.17) is 12.2 Å². The lowest BCUT2D eigenvalue weighted by Crippen LogP contribution is -2.45. The molecular weight excluding hydrogens is 140 g/mol. The van der Waals surface area contributed by atoms with E-state index in [1.807, 2.05) is 0 Å². The first-order valence-electron chi connectivity index (χ1n) is 3.64. The molecule has 1 rings (SSSR count). The minimum atomic E-state index is -0.606. The number of terminal acetylenes is 1. The van der Waals surface area contributed by atoms with E-state index < -0.39 is 5.54 Å². The molecule has 1 fully saturated rings. The standard InChI is InChI=1S/C8H12N2O/c1-3-6(2)10-7(11)8(9)4-5-8/h1,6H,4-5,9H2,2H3,(H,10,11). The molecule has 1 atom stereocenters. The lowest BCUT2D eigenvalue weighted by Gasteiger charge is -2.11. The Morgan fingerprint density at radius 1 is 1.82 bits per heavy atom. The molecule has 0 heterocycles. The number of amides is 1. The van der Waals surface area contributed by atoms with Crippen LogP contribution in [0.4, 0.5) is 0 Å². The lowest BCUT2D eigenvalue weighted by atomic mass is 10.2. The Morgan fingerprint density at radius 3 is 2.73 bits per heavy atom. The van der Waals surface area contributed by atoms with Crippen molar-refractivity contribution in [2.45, 2.75) is 31.3 Å². The summed E-state index contributed by atoms with van der Waals surface area (Å²) in [6.07, 6.45) is 6.63. The predicted molar refractivity (Wildman–Crippen MR) is 42.6 cm³/mol. The minimum absolute atomic E-state index is 0.122. The minimum Gasteiger partial charge on any atom is -0.341 e. The number of nitrogens with two attached hydrogens (primary N) is 1. The number of hydrogen-bond donors (Lipinski definition) is 2. The molecule has 0 bridgehead atoms. The summed E-state index contributed by atoms with van der Waals surface area (Å²) >= 11 is 0. The molecule has 3 N–H and O–H groups in total. The Hall–Kier alpha value is -1.01. The summed E-state index contributed by atoms with van der Waals surface area (Å²) in [5.74, 6) is 2.29. The summed E-state index contributed by atoms with van der Waals surface area (Å²) in [6, 6.07) is -0.219. The zero-order valence-corrected chi connectivity index (χ0v) is 6.55. The maximum absolute atomic E-state index is 11.2. The summed E-state index contributed by atoms with van der Waals surface area (Å²) < 4.78 is 0. The molecule has 3 nitrogen and oxygen atoms in total. The Morgan fingerprint density at radius 2 is 2.36 bits per heavy atom. The number of rotatable bonds is 2. The van der Waals surface area contributed by atoms with Gasteiger partial charge in [0.05, 0.1) is 11.6 Å². The Bertz CT molecular complexity index is 213. The maximum Gasteiger partial charge on any atom is 0.241 e. The fraction of sp³-hybridized carbons (Fsp3) is 0.625. The van der Waals surface area contributed by atoms with E-state index in [2.05, 4.69) is 11.2 Å². The topological polar surface area (TPSA) is 55.1 Å². The van der Waals surface area contributed by atoms with Crippen molar-refractivity contribution in [2.75, 3.05) is 0 Å². The van der Waals surface area contributed by atoms with Gasteiger partial charge < -0.3 is 11.1 Å². The predicted octanol–water partition coefficient (Wildman–Crippen LogP) is -0.384. The van der Waals surface area contributed by atoms with Gasteiger partial charge in [0.15, 0.2) is 0 Å². The SMILES string of the molecule is C#CC(C)NC(=O)C1(N)CC1. The molecule has 1 aliphatic carbocycles. The van der Waals surface area contributed by atoms with Gasteiger partial charge in [0.25, 0.3) is 0 Å². The van der Waals surface area contributed by atoms with E-state index in [0.29, 0.717) is 0 Å². The molecule has 0 aromatic rings. The first-order valence-corrected chi connectivity index (χ1v) is 3.64. The van der Waals surface area contributed by atoms with Gasteiger partial charge in [-0.2, -0.15) is 0 Å². The summed E-state index contributed by atoms with van der Waals surface area (Å²) in [5.41, 5.74) is 5.01. The zero-order valence-electron chi connectivity index (χ0n) is 6.55. The molecule has 0 saturated heterocycles. The van der Waals surface area contributed by atoms with E-state index >= 15 is 0 Å². The first kappa shape index (κ1) is 8.09. The van der Waals surface area contributed by atoms with Crippen molar-refractivity contribution in [3.05, 3.63) is 0 Å². The summed E-state index contributed by atoms with van der Waals surface area (Å²) in [6.45, 7) is 1.75. The van der Waals surface area contributed by atoms with Gasteiger partial charge in [-0.3, -0.25) is 4.79 Å². The van der Waals surface area contributed by atoms with Gasteiger partial charge in [0.1, 0.15) is 0 Å². The van der Waals surface area contributed by atoms with Crippen molar-refractivity contribution in [3.63, 3.8) is 0 Å². The van der Waals surface area contributed by atoms with Crippen LogP contribution in [0.3, 0.4) is 0 Å². The molecule has 1 saturated carbocycles. The van der Waals surface area contributed by atoms with Gasteiger partial charge in [-0.15, -0.1) is 6.42 Å². The zero-order chi connectivity index (χ0) is 8.48. The van der Waals surface area contributed by atoms with Crippen molar-refractivity contribution >= 4 is 5.91 Å². The highest BCUT2D eigenvalue weighted by Gasteiger charge is 2.46. The number of hydrogen-bond acceptors (Lipinski definition) is 2. The molecule has 0 aliphatic heterocycles. The van der Waals surface area contributed by atoms with E-state index in [-0.39, 0.29) is 11.9 Å². The van der Waals surface area contributed by atoms with Crippen molar-refractivity contribution in [2.24, 2.45) is 5.73 Å².